The molecule has 4 aromatic heterocycles. The number of hydrogen-bond donors (Lipinski definition) is 0. The molecule has 10 aromatic rings. The molecule has 0 saturated heterocycles. The zero-order valence-electron chi connectivity index (χ0n) is 25.5. The molecule has 0 unspecified atom stereocenters. The average molecular weight is 617 g/mol. The third kappa shape index (κ3) is 4.06. The van der Waals surface area contributed by atoms with Crippen LogP contribution in [0.15, 0.2) is 155 Å². The highest BCUT2D eigenvalue weighted by molar-refractivity contribution is 6.22. The second-order valence-electron chi connectivity index (χ2n) is 11.8. The third-order valence-corrected chi connectivity index (χ3v) is 8.99. The normalized spacial score (nSPS) is 11.8. The van der Waals surface area contributed by atoms with E-state index in [2.05, 4.69) is 42.5 Å². The summed E-state index contributed by atoms with van der Waals surface area (Å²) >= 11 is 0. The monoisotopic (exact) mass is 616 g/mol. The fourth-order valence-electron chi connectivity index (χ4n) is 6.80. The van der Waals surface area contributed by atoms with Crippen molar-refractivity contribution in [3.05, 3.63) is 146 Å². The minimum Gasteiger partial charge on any atom is -0.455 e. The highest BCUT2D eigenvalue weighted by Gasteiger charge is 2.23. The predicted octanol–water partition coefficient (Wildman–Crippen LogP) is 10.9. The van der Waals surface area contributed by atoms with Crippen LogP contribution < -0.4 is 0 Å². The lowest BCUT2D eigenvalue weighted by molar-refractivity contribution is 0.669. The van der Waals surface area contributed by atoms with Crippen molar-refractivity contribution in [3.63, 3.8) is 0 Å². The van der Waals surface area contributed by atoms with Crippen LogP contribution in [0.25, 0.3) is 100 Å². The second-order valence-corrected chi connectivity index (χ2v) is 11.8. The number of furan rings is 2. The van der Waals surface area contributed by atoms with E-state index < -0.39 is 0 Å². The van der Waals surface area contributed by atoms with E-state index in [9.17, 15) is 0 Å². The van der Waals surface area contributed by atoms with Crippen LogP contribution in [-0.4, -0.2) is 19.9 Å². The van der Waals surface area contributed by atoms with Crippen molar-refractivity contribution in [2.45, 2.75) is 0 Å². The largest absolute Gasteiger partial charge is 0.455 e. The van der Waals surface area contributed by atoms with E-state index in [-0.39, 0.29) is 0 Å². The molecule has 6 nitrogen and oxygen atoms in total. The molecule has 0 aliphatic heterocycles. The topological polar surface area (TPSA) is 77.8 Å². The molecule has 0 N–H and O–H groups in total. The van der Waals surface area contributed by atoms with E-state index in [1.54, 1.807) is 6.20 Å². The van der Waals surface area contributed by atoms with Crippen LogP contribution in [0, 0.1) is 0 Å². The minimum absolute atomic E-state index is 0.547. The van der Waals surface area contributed by atoms with Crippen LogP contribution in [0.2, 0.25) is 0 Å². The van der Waals surface area contributed by atoms with Gasteiger partial charge in [-0.25, -0.2) is 15.0 Å². The van der Waals surface area contributed by atoms with Gasteiger partial charge in [-0.05, 0) is 47.3 Å². The minimum atomic E-state index is 0.547. The fourth-order valence-corrected chi connectivity index (χ4v) is 6.80. The van der Waals surface area contributed by atoms with Gasteiger partial charge in [-0.3, -0.25) is 4.98 Å². The van der Waals surface area contributed by atoms with E-state index in [1.807, 2.05) is 97.1 Å². The summed E-state index contributed by atoms with van der Waals surface area (Å²) < 4.78 is 13.2. The first kappa shape index (κ1) is 26.5. The Kier molecular flexibility index (Phi) is 5.77. The molecule has 6 aromatic carbocycles. The molecule has 10 rings (SSSR count). The summed E-state index contributed by atoms with van der Waals surface area (Å²) in [7, 11) is 0. The van der Waals surface area contributed by atoms with E-state index in [4.69, 9.17) is 28.8 Å². The van der Waals surface area contributed by atoms with E-state index in [1.165, 1.54) is 0 Å². The molecule has 0 aliphatic rings. The molecule has 0 bridgehead atoms. The molecule has 4 heterocycles. The SMILES string of the molecule is c1ccc(-c2nc(-c3ccccc3)nc(-c3ccc(-c4cccc5oc6c7ccccc7ccc6c45)c4oc5cccnc5c34)n2)cc1. The number of hydrogen-bond acceptors (Lipinski definition) is 6. The smallest absolute Gasteiger partial charge is 0.164 e. The highest BCUT2D eigenvalue weighted by atomic mass is 16.3. The van der Waals surface area contributed by atoms with E-state index in [0.29, 0.717) is 28.6 Å². The predicted molar refractivity (Wildman–Crippen MR) is 191 cm³/mol. The Morgan fingerprint density at radius 3 is 1.85 bits per heavy atom. The standard InChI is InChI=1S/C42H24N4O2/c1-3-12-26(13-4-1)40-44-41(27-14-5-2-6-15-27)46-42(45-40)32-23-22-30(39-36(32)37-34(48-39)19-10-24-43-37)29-17-9-18-33-35(29)31-21-20-25-11-7-8-16-28(25)38(31)47-33/h1-24H. The number of rotatable bonds is 4. The Hall–Kier alpha value is -6.66. The number of benzene rings is 6. The lowest BCUT2D eigenvalue weighted by atomic mass is 9.95. The number of pyridine rings is 1. The Morgan fingerprint density at radius 1 is 0.396 bits per heavy atom. The van der Waals surface area contributed by atoms with Crippen molar-refractivity contribution in [1.29, 1.82) is 0 Å². The number of fused-ring (bicyclic) bond motifs is 8. The van der Waals surface area contributed by atoms with E-state index in [0.717, 1.165) is 71.4 Å². The fraction of sp³-hybridized carbons (Fsp3) is 0. The van der Waals surface area contributed by atoms with E-state index >= 15 is 0 Å². The Bertz CT molecular complexity index is 2780. The Labute approximate surface area is 274 Å². The first-order chi connectivity index (χ1) is 23.8. The van der Waals surface area contributed by atoms with Gasteiger partial charge in [0, 0.05) is 44.6 Å². The molecule has 6 heteroatoms. The summed E-state index contributed by atoms with van der Waals surface area (Å²) in [6.07, 6.45) is 1.79. The molecular formula is C42H24N4O2. The molecule has 224 valence electrons. The summed E-state index contributed by atoms with van der Waals surface area (Å²) in [4.78, 5) is 19.8. The number of nitrogens with zero attached hydrogens (tertiary/aromatic N) is 4. The van der Waals surface area contributed by atoms with Crippen LogP contribution >= 0.6 is 0 Å². The Balaban J connectivity index is 1.27. The molecule has 0 aliphatic carbocycles. The van der Waals surface area contributed by atoms with Crippen LogP contribution in [0.5, 0.6) is 0 Å². The maximum Gasteiger partial charge on any atom is 0.164 e. The lowest BCUT2D eigenvalue weighted by Gasteiger charge is -2.11. The third-order valence-electron chi connectivity index (χ3n) is 8.99. The molecule has 0 saturated carbocycles. The van der Waals surface area contributed by atoms with Crippen molar-refractivity contribution >= 4 is 54.8 Å². The van der Waals surface area contributed by atoms with Gasteiger partial charge in [-0.1, -0.05) is 103 Å². The zero-order chi connectivity index (χ0) is 31.6. The molecule has 0 spiro atoms. The molecule has 0 fully saturated rings. The first-order valence-corrected chi connectivity index (χ1v) is 15.8. The van der Waals surface area contributed by atoms with Gasteiger partial charge in [0.1, 0.15) is 22.3 Å². The number of aromatic nitrogens is 4. The summed E-state index contributed by atoms with van der Waals surface area (Å²) in [5.41, 5.74) is 8.45. The van der Waals surface area contributed by atoms with Crippen LogP contribution in [-0.2, 0) is 0 Å². The van der Waals surface area contributed by atoms with Crippen molar-refractivity contribution in [1.82, 2.24) is 19.9 Å². The lowest BCUT2D eigenvalue weighted by Crippen LogP contribution is -2.00. The van der Waals surface area contributed by atoms with Gasteiger partial charge in [0.2, 0.25) is 0 Å². The Morgan fingerprint density at radius 2 is 1.06 bits per heavy atom. The highest BCUT2D eigenvalue weighted by Crippen LogP contribution is 2.45. The van der Waals surface area contributed by atoms with Gasteiger partial charge in [0.15, 0.2) is 23.1 Å². The molecule has 0 amide bonds. The average Bonchev–Trinajstić information content (AvgIpc) is 3.75. The first-order valence-electron chi connectivity index (χ1n) is 15.8. The maximum absolute atomic E-state index is 6.67. The van der Waals surface area contributed by atoms with Crippen LogP contribution in [0.4, 0.5) is 0 Å². The molecular weight excluding hydrogens is 592 g/mol. The quantitative estimate of drug-likeness (QED) is 0.196. The van der Waals surface area contributed by atoms with Crippen molar-refractivity contribution < 1.29 is 8.83 Å². The van der Waals surface area contributed by atoms with Crippen LogP contribution in [0.3, 0.4) is 0 Å². The van der Waals surface area contributed by atoms with Crippen molar-refractivity contribution in [2.75, 3.05) is 0 Å². The van der Waals surface area contributed by atoms with Crippen LogP contribution in [0.1, 0.15) is 0 Å². The maximum atomic E-state index is 6.67. The van der Waals surface area contributed by atoms with Gasteiger partial charge >= 0.3 is 0 Å². The molecule has 48 heavy (non-hydrogen) atoms. The summed E-state index contributed by atoms with van der Waals surface area (Å²) in [5.74, 6) is 1.74. The van der Waals surface area contributed by atoms with Gasteiger partial charge < -0.3 is 8.83 Å². The zero-order valence-corrected chi connectivity index (χ0v) is 25.5. The molecule has 0 atom stereocenters. The van der Waals surface area contributed by atoms with Crippen molar-refractivity contribution in [3.8, 4) is 45.3 Å². The summed E-state index contributed by atoms with van der Waals surface area (Å²) in [6, 6.07) is 46.8. The van der Waals surface area contributed by atoms with Gasteiger partial charge in [-0.15, -0.1) is 0 Å². The van der Waals surface area contributed by atoms with Crippen molar-refractivity contribution in [2.24, 2.45) is 0 Å². The second kappa shape index (κ2) is 10.4. The summed E-state index contributed by atoms with van der Waals surface area (Å²) in [6.45, 7) is 0. The summed E-state index contributed by atoms with van der Waals surface area (Å²) in [5, 5.41) is 5.18. The molecule has 0 radical (unpaired) electrons. The van der Waals surface area contributed by atoms with Gasteiger partial charge in [0.25, 0.3) is 0 Å². The van der Waals surface area contributed by atoms with Gasteiger partial charge in [-0.2, -0.15) is 0 Å². The van der Waals surface area contributed by atoms with Gasteiger partial charge in [0.05, 0.1) is 5.39 Å².